The molecule has 3 aromatic rings. The van der Waals surface area contributed by atoms with Gasteiger partial charge in [-0.2, -0.15) is 5.26 Å². The molecule has 1 heterocycles. The molecule has 4 N–H and O–H groups in total. The van der Waals surface area contributed by atoms with Crippen LogP contribution in [0, 0.1) is 11.3 Å². The lowest BCUT2D eigenvalue weighted by Gasteiger charge is -2.22. The number of fused-ring (bicyclic) bond motifs is 1. The number of nitriles is 1. The van der Waals surface area contributed by atoms with Crippen LogP contribution in [0.1, 0.15) is 35.6 Å². The maximum atomic E-state index is 13.3. The highest BCUT2D eigenvalue weighted by Gasteiger charge is 2.22. The molecule has 164 valence electrons. The van der Waals surface area contributed by atoms with Gasteiger partial charge in [-0.05, 0) is 47.4 Å². The van der Waals surface area contributed by atoms with Crippen LogP contribution in [0.25, 0.3) is 0 Å². The normalized spacial score (nSPS) is 13.5. The van der Waals surface area contributed by atoms with Gasteiger partial charge in [0.25, 0.3) is 0 Å². The molecule has 2 atom stereocenters. The van der Waals surface area contributed by atoms with E-state index in [0.29, 0.717) is 23.5 Å². The Kier molecular flexibility index (Phi) is 6.51. The topological polar surface area (TPSA) is 106 Å². The number of carbonyl (C=O) groups is 1. The van der Waals surface area contributed by atoms with E-state index in [0.717, 1.165) is 16.8 Å². The van der Waals surface area contributed by atoms with E-state index in [-0.39, 0.29) is 17.6 Å². The molecule has 7 nitrogen and oxygen atoms in total. The van der Waals surface area contributed by atoms with Crippen molar-refractivity contribution in [3.8, 4) is 6.07 Å². The largest absolute Gasteiger partial charge is 0.331 e. The van der Waals surface area contributed by atoms with E-state index in [9.17, 15) is 9.59 Å². The molecule has 1 aliphatic heterocycles. The molecule has 0 aliphatic carbocycles. The third-order valence-corrected chi connectivity index (χ3v) is 5.54. The van der Waals surface area contributed by atoms with Gasteiger partial charge in [0.1, 0.15) is 6.04 Å². The SMILES string of the molecule is CC(CNC(C(=O)Nc1ccc2c(c1)NC(=C=O)N2)c1ccccc1)c1ccc(C#N)cc1. The number of hydrogen-bond acceptors (Lipinski definition) is 6. The number of anilines is 3. The molecule has 4 rings (SSSR count). The molecule has 3 aromatic carbocycles. The van der Waals surface area contributed by atoms with Crippen LogP contribution >= 0.6 is 0 Å². The van der Waals surface area contributed by atoms with Gasteiger partial charge in [-0.25, -0.2) is 4.79 Å². The number of nitrogens with zero attached hydrogens (tertiary/aromatic N) is 1. The predicted molar refractivity (Wildman–Crippen MR) is 128 cm³/mol. The van der Waals surface area contributed by atoms with Gasteiger partial charge in [-0.3, -0.25) is 4.79 Å². The van der Waals surface area contributed by atoms with Crippen LogP contribution in [-0.4, -0.2) is 18.4 Å². The number of benzene rings is 3. The average Bonchev–Trinajstić information content (AvgIpc) is 3.27. The van der Waals surface area contributed by atoms with E-state index < -0.39 is 6.04 Å². The quantitative estimate of drug-likeness (QED) is 0.414. The Morgan fingerprint density at radius 3 is 2.39 bits per heavy atom. The second kappa shape index (κ2) is 9.84. The molecule has 0 saturated carbocycles. The van der Waals surface area contributed by atoms with E-state index in [4.69, 9.17) is 5.26 Å². The molecule has 33 heavy (non-hydrogen) atoms. The molecule has 0 fully saturated rings. The summed E-state index contributed by atoms with van der Waals surface area (Å²) in [5.41, 5.74) is 4.63. The fourth-order valence-electron chi connectivity index (χ4n) is 3.71. The van der Waals surface area contributed by atoms with Gasteiger partial charge in [-0.1, -0.05) is 49.4 Å². The van der Waals surface area contributed by atoms with Crippen LogP contribution in [0.2, 0.25) is 0 Å². The summed E-state index contributed by atoms with van der Waals surface area (Å²) in [6.45, 7) is 2.65. The molecule has 0 saturated heterocycles. The number of rotatable bonds is 7. The molecule has 0 spiro atoms. The molecule has 0 aromatic heterocycles. The summed E-state index contributed by atoms with van der Waals surface area (Å²) < 4.78 is 0. The summed E-state index contributed by atoms with van der Waals surface area (Å²) in [5.74, 6) is 1.98. The monoisotopic (exact) mass is 437 g/mol. The van der Waals surface area contributed by atoms with Gasteiger partial charge in [0.05, 0.1) is 23.0 Å². The van der Waals surface area contributed by atoms with Crippen molar-refractivity contribution in [2.45, 2.75) is 18.9 Å². The van der Waals surface area contributed by atoms with Crippen LogP contribution in [0.4, 0.5) is 17.1 Å². The summed E-state index contributed by atoms with van der Waals surface area (Å²) in [6, 6.07) is 23.9. The van der Waals surface area contributed by atoms with Crippen LogP contribution in [-0.2, 0) is 9.59 Å². The molecule has 0 radical (unpaired) electrons. The van der Waals surface area contributed by atoms with Crippen molar-refractivity contribution >= 4 is 28.9 Å². The molecule has 0 bridgehead atoms. The summed E-state index contributed by atoms with van der Waals surface area (Å²) in [6.07, 6.45) is 0. The second-order valence-corrected chi connectivity index (χ2v) is 7.86. The van der Waals surface area contributed by atoms with Crippen molar-refractivity contribution in [2.75, 3.05) is 22.5 Å². The fourth-order valence-corrected chi connectivity index (χ4v) is 3.71. The Bertz CT molecular complexity index is 1240. The minimum Gasteiger partial charge on any atom is -0.331 e. The lowest BCUT2D eigenvalue weighted by molar-refractivity contribution is -0.118. The summed E-state index contributed by atoms with van der Waals surface area (Å²) in [5, 5.41) is 21.2. The molecule has 2 unspecified atom stereocenters. The van der Waals surface area contributed by atoms with Gasteiger partial charge in [0, 0.05) is 12.2 Å². The first-order chi connectivity index (χ1) is 16.1. The highest BCUT2D eigenvalue weighted by atomic mass is 16.2. The van der Waals surface area contributed by atoms with Crippen LogP contribution in [0.15, 0.2) is 78.6 Å². The zero-order valence-corrected chi connectivity index (χ0v) is 18.1. The minimum atomic E-state index is -0.559. The smallest absolute Gasteiger partial charge is 0.246 e. The van der Waals surface area contributed by atoms with E-state index in [1.54, 1.807) is 36.3 Å². The molecular formula is C26H23N5O2. The minimum absolute atomic E-state index is 0.139. The summed E-state index contributed by atoms with van der Waals surface area (Å²) >= 11 is 0. The summed E-state index contributed by atoms with van der Waals surface area (Å²) in [7, 11) is 0. The van der Waals surface area contributed by atoms with Gasteiger partial charge < -0.3 is 21.3 Å². The second-order valence-electron chi connectivity index (χ2n) is 7.86. The van der Waals surface area contributed by atoms with Crippen molar-refractivity contribution in [3.63, 3.8) is 0 Å². The van der Waals surface area contributed by atoms with Crippen LogP contribution < -0.4 is 21.3 Å². The highest BCUT2D eigenvalue weighted by Crippen LogP contribution is 2.32. The zero-order valence-electron chi connectivity index (χ0n) is 18.1. The number of nitrogens with one attached hydrogen (secondary N) is 4. The fraction of sp³-hybridized carbons (Fsp3) is 0.154. The van der Waals surface area contributed by atoms with Crippen molar-refractivity contribution in [3.05, 3.63) is 95.3 Å². The van der Waals surface area contributed by atoms with E-state index >= 15 is 0 Å². The van der Waals surface area contributed by atoms with Crippen molar-refractivity contribution < 1.29 is 9.59 Å². The zero-order chi connectivity index (χ0) is 23.2. The van der Waals surface area contributed by atoms with Crippen molar-refractivity contribution in [2.24, 2.45) is 0 Å². The van der Waals surface area contributed by atoms with Gasteiger partial charge in [0.15, 0.2) is 11.8 Å². The van der Waals surface area contributed by atoms with E-state index in [2.05, 4.69) is 34.3 Å². The summed E-state index contributed by atoms with van der Waals surface area (Å²) in [4.78, 5) is 24.1. The predicted octanol–water partition coefficient (Wildman–Crippen LogP) is 4.14. The lowest BCUT2D eigenvalue weighted by atomic mass is 9.98. The number of amides is 1. The lowest BCUT2D eigenvalue weighted by Crippen LogP contribution is -2.35. The van der Waals surface area contributed by atoms with E-state index in [1.807, 2.05) is 42.5 Å². The Morgan fingerprint density at radius 2 is 1.70 bits per heavy atom. The third kappa shape index (κ3) is 5.10. The maximum absolute atomic E-state index is 13.3. The Hall–Kier alpha value is -4.37. The molecule has 1 aliphatic rings. The first-order valence-corrected chi connectivity index (χ1v) is 10.6. The first kappa shape index (κ1) is 21.8. The van der Waals surface area contributed by atoms with E-state index in [1.165, 1.54) is 0 Å². The highest BCUT2D eigenvalue weighted by molar-refractivity contribution is 5.97. The third-order valence-electron chi connectivity index (χ3n) is 5.54. The Labute approximate surface area is 192 Å². The Balaban J connectivity index is 1.48. The van der Waals surface area contributed by atoms with Gasteiger partial charge >= 0.3 is 0 Å². The standard InChI is InChI=1S/C26H23N5O2/c1-17(19-9-7-18(14-27)8-10-19)15-28-25(20-5-3-2-4-6-20)26(33)29-21-11-12-22-23(13-21)31-24(16-32)30-22/h2-13,17,25,28,30-31H,15H2,1H3,(H,29,33). The maximum Gasteiger partial charge on any atom is 0.246 e. The van der Waals surface area contributed by atoms with Gasteiger partial charge in [0.2, 0.25) is 5.91 Å². The molecule has 1 amide bonds. The molecular weight excluding hydrogens is 414 g/mol. The first-order valence-electron chi connectivity index (χ1n) is 10.6. The van der Waals surface area contributed by atoms with Crippen molar-refractivity contribution in [1.82, 2.24) is 5.32 Å². The Morgan fingerprint density at radius 1 is 0.970 bits per heavy atom. The van der Waals surface area contributed by atoms with Crippen LogP contribution in [0.3, 0.4) is 0 Å². The average molecular weight is 438 g/mol. The van der Waals surface area contributed by atoms with Gasteiger partial charge in [-0.15, -0.1) is 0 Å². The van der Waals surface area contributed by atoms with Crippen molar-refractivity contribution in [1.29, 1.82) is 5.26 Å². The number of hydrogen-bond donors (Lipinski definition) is 4. The molecule has 7 heteroatoms. The number of carbonyl (C=O) groups excluding carboxylic acids is 2. The van der Waals surface area contributed by atoms with Crippen LogP contribution in [0.5, 0.6) is 0 Å².